The summed E-state index contributed by atoms with van der Waals surface area (Å²) in [6.45, 7) is 3.68. The van der Waals surface area contributed by atoms with Crippen molar-refractivity contribution < 1.29 is 0 Å². The predicted molar refractivity (Wildman–Crippen MR) is 82.0 cm³/mol. The number of fused-ring (bicyclic) bond motifs is 1. The second kappa shape index (κ2) is 5.51. The Balaban J connectivity index is 1.87. The molecule has 5 heteroatoms. The van der Waals surface area contributed by atoms with E-state index in [4.69, 9.17) is 11.6 Å². The van der Waals surface area contributed by atoms with Crippen molar-refractivity contribution >= 4 is 28.3 Å². The number of imidazole rings is 1. The molecule has 2 heterocycles. The molecule has 0 atom stereocenters. The molecule has 1 aromatic carbocycles. The van der Waals surface area contributed by atoms with Crippen LogP contribution < -0.4 is 5.32 Å². The number of aryl methyl sites for hydroxylation is 1. The van der Waals surface area contributed by atoms with Crippen LogP contribution in [0.1, 0.15) is 12.7 Å². The molecule has 0 amide bonds. The van der Waals surface area contributed by atoms with Gasteiger partial charge in [0.05, 0.1) is 17.6 Å². The maximum atomic E-state index is 5.88. The number of para-hydroxylation sites is 2. The van der Waals surface area contributed by atoms with Crippen molar-refractivity contribution in [2.45, 2.75) is 20.0 Å². The smallest absolute Gasteiger partial charge is 0.131 e. The monoisotopic (exact) mass is 286 g/mol. The van der Waals surface area contributed by atoms with E-state index in [2.05, 4.69) is 32.8 Å². The summed E-state index contributed by atoms with van der Waals surface area (Å²) in [7, 11) is 0. The van der Waals surface area contributed by atoms with E-state index in [0.29, 0.717) is 11.7 Å². The molecule has 2 aromatic heterocycles. The molecule has 3 aromatic rings. The van der Waals surface area contributed by atoms with E-state index in [1.54, 1.807) is 12.3 Å². The third kappa shape index (κ3) is 2.47. The van der Waals surface area contributed by atoms with Gasteiger partial charge in [-0.3, -0.25) is 0 Å². The van der Waals surface area contributed by atoms with Crippen LogP contribution >= 0.6 is 11.6 Å². The first-order valence-electron chi connectivity index (χ1n) is 6.57. The van der Waals surface area contributed by atoms with Crippen LogP contribution in [0.5, 0.6) is 0 Å². The molecule has 1 N–H and O–H groups in total. The zero-order valence-electron chi connectivity index (χ0n) is 11.2. The van der Waals surface area contributed by atoms with Crippen LogP contribution in [0.2, 0.25) is 5.15 Å². The molecule has 0 bridgehead atoms. The summed E-state index contributed by atoms with van der Waals surface area (Å²) in [5.41, 5.74) is 3.14. The molecule has 0 aliphatic heterocycles. The van der Waals surface area contributed by atoms with Gasteiger partial charge in [-0.2, -0.15) is 0 Å². The van der Waals surface area contributed by atoms with Gasteiger partial charge in [0.1, 0.15) is 11.0 Å². The molecular formula is C15H15ClN4. The quantitative estimate of drug-likeness (QED) is 0.743. The molecule has 0 radical (unpaired) electrons. The molecule has 4 nitrogen and oxygen atoms in total. The highest BCUT2D eigenvalue weighted by molar-refractivity contribution is 6.29. The molecule has 0 aliphatic carbocycles. The molecule has 102 valence electrons. The first-order chi connectivity index (χ1) is 9.78. The van der Waals surface area contributed by atoms with Crippen LogP contribution in [0.15, 0.2) is 42.6 Å². The van der Waals surface area contributed by atoms with E-state index in [1.807, 2.05) is 24.3 Å². The molecule has 0 saturated heterocycles. The van der Waals surface area contributed by atoms with E-state index in [1.165, 1.54) is 5.52 Å². The zero-order valence-corrected chi connectivity index (χ0v) is 11.9. The van der Waals surface area contributed by atoms with Gasteiger partial charge >= 0.3 is 0 Å². The van der Waals surface area contributed by atoms with Gasteiger partial charge < -0.3 is 9.88 Å². The van der Waals surface area contributed by atoms with Crippen molar-refractivity contribution in [3.8, 4) is 0 Å². The maximum absolute atomic E-state index is 5.88. The summed E-state index contributed by atoms with van der Waals surface area (Å²) in [6.07, 6.45) is 1.69. The van der Waals surface area contributed by atoms with E-state index >= 15 is 0 Å². The summed E-state index contributed by atoms with van der Waals surface area (Å²) in [5.74, 6) is 1.02. The lowest BCUT2D eigenvalue weighted by atomic mass is 10.3. The average Bonchev–Trinajstić information content (AvgIpc) is 2.82. The predicted octanol–water partition coefficient (Wildman–Crippen LogP) is 3.72. The average molecular weight is 287 g/mol. The SMILES string of the molecule is CCn1c(CNc2ccnc(Cl)c2)nc2ccccc21. The first kappa shape index (κ1) is 12.9. The minimum Gasteiger partial charge on any atom is -0.378 e. The highest BCUT2D eigenvalue weighted by Gasteiger charge is 2.08. The lowest BCUT2D eigenvalue weighted by Crippen LogP contribution is -2.08. The van der Waals surface area contributed by atoms with Crippen LogP contribution in [0.3, 0.4) is 0 Å². The lowest BCUT2D eigenvalue weighted by Gasteiger charge is -2.08. The fraction of sp³-hybridized carbons (Fsp3) is 0.200. The van der Waals surface area contributed by atoms with Crippen molar-refractivity contribution in [3.63, 3.8) is 0 Å². The van der Waals surface area contributed by atoms with Crippen molar-refractivity contribution in [1.82, 2.24) is 14.5 Å². The Morgan fingerprint density at radius 2 is 2.10 bits per heavy atom. The zero-order chi connectivity index (χ0) is 13.9. The van der Waals surface area contributed by atoms with Crippen LogP contribution in [0.4, 0.5) is 5.69 Å². The van der Waals surface area contributed by atoms with E-state index in [0.717, 1.165) is 23.6 Å². The molecule has 0 unspecified atom stereocenters. The fourth-order valence-corrected chi connectivity index (χ4v) is 2.48. The van der Waals surface area contributed by atoms with Gasteiger partial charge in [-0.05, 0) is 31.2 Å². The third-order valence-electron chi connectivity index (χ3n) is 3.23. The van der Waals surface area contributed by atoms with Crippen molar-refractivity contribution in [3.05, 3.63) is 53.6 Å². The van der Waals surface area contributed by atoms with Crippen LogP contribution in [0, 0.1) is 0 Å². The summed E-state index contributed by atoms with van der Waals surface area (Å²) >= 11 is 5.88. The van der Waals surface area contributed by atoms with Crippen molar-refractivity contribution in [1.29, 1.82) is 0 Å². The van der Waals surface area contributed by atoms with Gasteiger partial charge in [-0.15, -0.1) is 0 Å². The molecule has 0 saturated carbocycles. The number of benzene rings is 1. The fourth-order valence-electron chi connectivity index (χ4n) is 2.31. The lowest BCUT2D eigenvalue weighted by molar-refractivity contribution is 0.729. The highest BCUT2D eigenvalue weighted by atomic mass is 35.5. The number of halogens is 1. The molecular weight excluding hydrogens is 272 g/mol. The Hall–Kier alpha value is -2.07. The van der Waals surface area contributed by atoms with Gasteiger partial charge in [0.2, 0.25) is 0 Å². The van der Waals surface area contributed by atoms with Crippen LogP contribution in [0.25, 0.3) is 11.0 Å². The Labute approximate surface area is 122 Å². The minimum absolute atomic E-state index is 0.485. The number of pyridine rings is 1. The summed E-state index contributed by atoms with van der Waals surface area (Å²) in [5, 5.41) is 3.81. The Bertz CT molecular complexity index is 736. The highest BCUT2D eigenvalue weighted by Crippen LogP contribution is 2.18. The largest absolute Gasteiger partial charge is 0.378 e. The topological polar surface area (TPSA) is 42.7 Å². The molecule has 20 heavy (non-hydrogen) atoms. The summed E-state index contributed by atoms with van der Waals surface area (Å²) in [4.78, 5) is 8.64. The molecule has 3 rings (SSSR count). The van der Waals surface area contributed by atoms with Gasteiger partial charge in [-0.1, -0.05) is 23.7 Å². The molecule has 0 spiro atoms. The van der Waals surface area contributed by atoms with E-state index < -0.39 is 0 Å². The van der Waals surface area contributed by atoms with E-state index in [9.17, 15) is 0 Å². The summed E-state index contributed by atoms with van der Waals surface area (Å²) < 4.78 is 2.21. The second-order valence-electron chi connectivity index (χ2n) is 4.48. The third-order valence-corrected chi connectivity index (χ3v) is 3.43. The van der Waals surface area contributed by atoms with Gasteiger partial charge in [-0.25, -0.2) is 9.97 Å². The Morgan fingerprint density at radius 1 is 1.25 bits per heavy atom. The number of rotatable bonds is 4. The van der Waals surface area contributed by atoms with Crippen LogP contribution in [-0.4, -0.2) is 14.5 Å². The number of anilines is 1. The number of hydrogen-bond donors (Lipinski definition) is 1. The Morgan fingerprint density at radius 3 is 2.90 bits per heavy atom. The second-order valence-corrected chi connectivity index (χ2v) is 4.87. The number of nitrogens with one attached hydrogen (secondary N) is 1. The standard InChI is InChI=1S/C15H15ClN4/c1-2-20-13-6-4-3-5-12(13)19-15(20)10-18-11-7-8-17-14(16)9-11/h3-9H,2,10H2,1H3,(H,17,18). The first-order valence-corrected chi connectivity index (χ1v) is 6.95. The van der Waals surface area contributed by atoms with E-state index in [-0.39, 0.29) is 0 Å². The number of aromatic nitrogens is 3. The minimum atomic E-state index is 0.485. The van der Waals surface area contributed by atoms with Gasteiger partial charge in [0, 0.05) is 18.4 Å². The van der Waals surface area contributed by atoms with Crippen molar-refractivity contribution in [2.24, 2.45) is 0 Å². The molecule has 0 aliphatic rings. The number of nitrogens with zero attached hydrogens (tertiary/aromatic N) is 3. The normalized spacial score (nSPS) is 10.9. The van der Waals surface area contributed by atoms with Crippen molar-refractivity contribution in [2.75, 3.05) is 5.32 Å². The number of hydrogen-bond acceptors (Lipinski definition) is 3. The Kier molecular flexibility index (Phi) is 3.56. The molecule has 0 fully saturated rings. The van der Waals surface area contributed by atoms with Gasteiger partial charge in [0.25, 0.3) is 0 Å². The van der Waals surface area contributed by atoms with Crippen LogP contribution in [-0.2, 0) is 13.1 Å². The van der Waals surface area contributed by atoms with Gasteiger partial charge in [0.15, 0.2) is 0 Å². The maximum Gasteiger partial charge on any atom is 0.131 e. The summed E-state index contributed by atoms with van der Waals surface area (Å²) in [6, 6.07) is 11.9.